The summed E-state index contributed by atoms with van der Waals surface area (Å²) in [6.07, 6.45) is 0.727. The van der Waals surface area contributed by atoms with Crippen LogP contribution >= 0.6 is 0 Å². The summed E-state index contributed by atoms with van der Waals surface area (Å²) in [5.74, 6) is -0.713. The average Bonchev–Trinajstić information content (AvgIpc) is 3.13. The number of nitrogens with zero attached hydrogens (tertiary/aromatic N) is 2. The highest BCUT2D eigenvalue weighted by Gasteiger charge is 2.46. The molecule has 1 atom stereocenters. The Morgan fingerprint density at radius 2 is 1.73 bits per heavy atom. The lowest BCUT2D eigenvalue weighted by Crippen LogP contribution is -2.39. The Bertz CT molecular complexity index is 1170. The zero-order valence-electron chi connectivity index (χ0n) is 22.5. The molecule has 1 N–H and O–H groups in total. The van der Waals surface area contributed by atoms with Crippen LogP contribution in [0.2, 0.25) is 0 Å². The minimum atomic E-state index is -0.653. The molecule has 198 valence electrons. The topological polar surface area (TPSA) is 79.3 Å². The maximum absolute atomic E-state index is 13.4. The van der Waals surface area contributed by atoms with Crippen molar-refractivity contribution in [3.63, 3.8) is 0 Å². The van der Waals surface area contributed by atoms with Gasteiger partial charge in [-0.15, -0.1) is 0 Å². The fourth-order valence-electron chi connectivity index (χ4n) is 5.09. The molecule has 7 nitrogen and oxygen atoms in total. The maximum Gasteiger partial charge on any atom is 0.295 e. The van der Waals surface area contributed by atoms with Gasteiger partial charge in [-0.3, -0.25) is 14.5 Å². The Hall–Kier alpha value is -3.16. The number of aryl methyl sites for hydroxylation is 1. The lowest BCUT2D eigenvalue weighted by molar-refractivity contribution is -0.140. The van der Waals surface area contributed by atoms with Gasteiger partial charge in [0, 0.05) is 31.7 Å². The number of ether oxygens (including phenoxy) is 2. The third-order valence-corrected chi connectivity index (χ3v) is 7.30. The van der Waals surface area contributed by atoms with Crippen molar-refractivity contribution in [1.82, 2.24) is 9.80 Å². The third kappa shape index (κ3) is 5.73. The van der Waals surface area contributed by atoms with E-state index in [4.69, 9.17) is 9.47 Å². The van der Waals surface area contributed by atoms with Gasteiger partial charge in [0.15, 0.2) is 0 Å². The number of hydrogen-bond acceptors (Lipinski definition) is 6. The Morgan fingerprint density at radius 1 is 1.05 bits per heavy atom. The molecule has 37 heavy (non-hydrogen) atoms. The molecule has 7 heteroatoms. The molecule has 0 aromatic heterocycles. The number of ketones is 1. The minimum absolute atomic E-state index is 0.0291. The number of morpholine rings is 1. The van der Waals surface area contributed by atoms with Gasteiger partial charge < -0.3 is 19.5 Å². The maximum atomic E-state index is 13.4. The van der Waals surface area contributed by atoms with Crippen molar-refractivity contribution in [1.29, 1.82) is 0 Å². The molecule has 4 rings (SSSR count). The molecular weight excluding hydrogens is 468 g/mol. The van der Waals surface area contributed by atoms with Gasteiger partial charge in [-0.1, -0.05) is 45.0 Å². The molecule has 0 spiro atoms. The predicted octanol–water partition coefficient (Wildman–Crippen LogP) is 4.45. The number of hydrogen-bond donors (Lipinski definition) is 1. The quantitative estimate of drug-likeness (QED) is 0.340. The number of carbonyl (C=O) groups excluding carboxylic acids is 2. The Kier molecular flexibility index (Phi) is 8.05. The first-order chi connectivity index (χ1) is 17.6. The van der Waals surface area contributed by atoms with Crippen molar-refractivity contribution in [2.75, 3.05) is 46.5 Å². The standard InChI is InChI=1S/C30H38N2O5/c1-20-19-23(36-5)11-12-24(20)27(33)25-26(21-7-9-22(10-8-21)30(2,3)4)32(29(35)28(25)34)14-6-13-31-15-17-37-18-16-31/h7-12,19,26,33H,6,13-18H2,1-5H3/t26-/m1/s1. The molecular formula is C30H38N2O5. The SMILES string of the molecule is COc1ccc(C(O)=C2C(=O)C(=O)N(CCCN3CCOCC3)[C@@H]2c2ccc(C(C)(C)C)cc2)c(C)c1. The van der Waals surface area contributed by atoms with Crippen LogP contribution in [-0.2, 0) is 19.7 Å². The Morgan fingerprint density at radius 3 is 2.32 bits per heavy atom. The first-order valence-corrected chi connectivity index (χ1v) is 13.0. The second-order valence-corrected chi connectivity index (χ2v) is 10.9. The number of methoxy groups -OCH3 is 1. The highest BCUT2D eigenvalue weighted by molar-refractivity contribution is 6.46. The van der Waals surface area contributed by atoms with Crippen LogP contribution in [0.1, 0.15) is 55.5 Å². The highest BCUT2D eigenvalue weighted by Crippen LogP contribution is 2.40. The molecule has 0 unspecified atom stereocenters. The number of benzene rings is 2. The number of rotatable bonds is 7. The number of Topliss-reactive ketones (excluding diaryl/α,β-unsaturated/α-hetero) is 1. The molecule has 0 aliphatic carbocycles. The van der Waals surface area contributed by atoms with E-state index >= 15 is 0 Å². The lowest BCUT2D eigenvalue weighted by Gasteiger charge is -2.29. The first-order valence-electron chi connectivity index (χ1n) is 13.0. The molecule has 0 saturated carbocycles. The fourth-order valence-corrected chi connectivity index (χ4v) is 5.09. The van der Waals surface area contributed by atoms with Gasteiger partial charge in [0.2, 0.25) is 0 Å². The first kappa shape index (κ1) is 26.9. The zero-order valence-corrected chi connectivity index (χ0v) is 22.5. The van der Waals surface area contributed by atoms with Crippen molar-refractivity contribution >= 4 is 17.4 Å². The van der Waals surface area contributed by atoms with Crippen molar-refractivity contribution < 1.29 is 24.2 Å². The van der Waals surface area contributed by atoms with Crippen LogP contribution in [0, 0.1) is 6.92 Å². The van der Waals surface area contributed by atoms with E-state index in [1.165, 1.54) is 0 Å². The summed E-state index contributed by atoms with van der Waals surface area (Å²) in [6, 6.07) is 12.7. The van der Waals surface area contributed by atoms with E-state index in [0.717, 1.165) is 42.7 Å². The molecule has 2 aromatic rings. The normalized spacial score (nSPS) is 20.5. The largest absolute Gasteiger partial charge is 0.507 e. The summed E-state index contributed by atoms with van der Waals surface area (Å²) in [4.78, 5) is 30.6. The monoisotopic (exact) mass is 506 g/mol. The van der Waals surface area contributed by atoms with Crippen LogP contribution in [-0.4, -0.2) is 73.1 Å². The summed E-state index contributed by atoms with van der Waals surface area (Å²) in [5, 5.41) is 11.4. The van der Waals surface area contributed by atoms with Crippen LogP contribution in [0.3, 0.4) is 0 Å². The predicted molar refractivity (Wildman–Crippen MR) is 144 cm³/mol. The van der Waals surface area contributed by atoms with E-state index < -0.39 is 17.7 Å². The molecule has 0 bridgehead atoms. The van der Waals surface area contributed by atoms with Crippen molar-refractivity contribution in [3.8, 4) is 5.75 Å². The van der Waals surface area contributed by atoms with Crippen LogP contribution in [0.5, 0.6) is 5.75 Å². The van der Waals surface area contributed by atoms with Crippen molar-refractivity contribution in [3.05, 3.63) is 70.3 Å². The Labute approximate surface area is 219 Å². The number of aliphatic hydroxyl groups is 1. The number of likely N-dealkylation sites (tertiary alicyclic amines) is 1. The van der Waals surface area contributed by atoms with E-state index in [1.54, 1.807) is 30.2 Å². The van der Waals surface area contributed by atoms with Crippen LogP contribution in [0.15, 0.2) is 48.0 Å². The summed E-state index contributed by atoms with van der Waals surface area (Å²) in [6.45, 7) is 12.7. The van der Waals surface area contributed by atoms with E-state index in [2.05, 4.69) is 25.7 Å². The van der Waals surface area contributed by atoms with Crippen molar-refractivity contribution in [2.45, 2.75) is 45.6 Å². The molecule has 2 saturated heterocycles. The molecule has 2 heterocycles. The van der Waals surface area contributed by atoms with Gasteiger partial charge in [0.25, 0.3) is 11.7 Å². The highest BCUT2D eigenvalue weighted by atomic mass is 16.5. The molecule has 2 aliphatic rings. The van der Waals surface area contributed by atoms with Gasteiger partial charge >= 0.3 is 0 Å². The number of aliphatic hydroxyl groups excluding tert-OH is 1. The fraction of sp³-hybridized carbons (Fsp3) is 0.467. The average molecular weight is 507 g/mol. The van der Waals surface area contributed by atoms with Crippen LogP contribution < -0.4 is 4.74 Å². The molecule has 2 aromatic carbocycles. The number of amides is 1. The van der Waals surface area contributed by atoms with Gasteiger partial charge in [-0.2, -0.15) is 0 Å². The Balaban J connectivity index is 1.72. The van der Waals surface area contributed by atoms with Gasteiger partial charge in [-0.05, 0) is 53.6 Å². The van der Waals surface area contributed by atoms with Crippen LogP contribution in [0.4, 0.5) is 0 Å². The molecule has 2 aliphatic heterocycles. The van der Waals surface area contributed by atoms with E-state index in [1.807, 2.05) is 31.2 Å². The number of carbonyl (C=O) groups is 2. The second kappa shape index (κ2) is 11.1. The molecule has 2 fully saturated rings. The van der Waals surface area contributed by atoms with Gasteiger partial charge in [0.1, 0.15) is 11.5 Å². The lowest BCUT2D eigenvalue weighted by atomic mass is 9.85. The summed E-state index contributed by atoms with van der Waals surface area (Å²) in [7, 11) is 1.58. The minimum Gasteiger partial charge on any atom is -0.507 e. The summed E-state index contributed by atoms with van der Waals surface area (Å²) < 4.78 is 10.7. The van der Waals surface area contributed by atoms with Crippen molar-refractivity contribution in [2.24, 2.45) is 0 Å². The second-order valence-electron chi connectivity index (χ2n) is 10.9. The molecule has 1 amide bonds. The van der Waals surface area contributed by atoms with Gasteiger partial charge in [-0.25, -0.2) is 0 Å². The summed E-state index contributed by atoms with van der Waals surface area (Å²) in [5.41, 5.74) is 3.35. The third-order valence-electron chi connectivity index (χ3n) is 7.30. The zero-order chi connectivity index (χ0) is 26.7. The van der Waals surface area contributed by atoms with E-state index in [9.17, 15) is 14.7 Å². The smallest absolute Gasteiger partial charge is 0.295 e. The van der Waals surface area contributed by atoms with Gasteiger partial charge in [0.05, 0.1) is 31.9 Å². The molecule has 0 radical (unpaired) electrons. The van der Waals surface area contributed by atoms with Crippen LogP contribution in [0.25, 0.3) is 5.76 Å². The summed E-state index contributed by atoms with van der Waals surface area (Å²) >= 11 is 0. The van der Waals surface area contributed by atoms with E-state index in [0.29, 0.717) is 31.1 Å². The van der Waals surface area contributed by atoms with E-state index in [-0.39, 0.29) is 16.7 Å².